The van der Waals surface area contributed by atoms with Crippen molar-refractivity contribution in [2.75, 3.05) is 20.4 Å². The summed E-state index contributed by atoms with van der Waals surface area (Å²) in [5.74, 6) is -2.17. The number of carboxylic acids is 2. The van der Waals surface area contributed by atoms with Gasteiger partial charge in [0.25, 0.3) is 0 Å². The number of aliphatic carboxylic acids is 2. The van der Waals surface area contributed by atoms with Gasteiger partial charge in [-0.05, 0) is 31.9 Å². The van der Waals surface area contributed by atoms with Gasteiger partial charge in [-0.25, -0.2) is 0 Å². The van der Waals surface area contributed by atoms with Crippen LogP contribution in [-0.2, 0) is 14.3 Å². The van der Waals surface area contributed by atoms with Crippen molar-refractivity contribution in [1.82, 2.24) is 4.90 Å². The lowest BCUT2D eigenvalue weighted by Gasteiger charge is -2.32. The van der Waals surface area contributed by atoms with Crippen molar-refractivity contribution in [3.05, 3.63) is 29.8 Å². The third-order valence-corrected chi connectivity index (χ3v) is 5.10. The summed E-state index contributed by atoms with van der Waals surface area (Å²) < 4.78 is 10.5. The molecule has 24 heavy (non-hydrogen) atoms. The molecular weight excluding hydrogens is 314 g/mol. The smallest absolute Gasteiger partial charge is 0.324 e. The molecular formula is C17H21NO6. The van der Waals surface area contributed by atoms with E-state index in [9.17, 15) is 19.8 Å². The number of hydrogen-bond donors (Lipinski definition) is 2. The van der Waals surface area contributed by atoms with Gasteiger partial charge in [0.1, 0.15) is 11.3 Å². The number of hydrogen-bond acceptors (Lipinski definition) is 5. The molecule has 2 aliphatic rings. The maximum Gasteiger partial charge on any atom is 0.324 e. The van der Waals surface area contributed by atoms with Crippen LogP contribution < -0.4 is 4.74 Å². The molecule has 0 unspecified atom stereocenters. The van der Waals surface area contributed by atoms with Crippen LogP contribution in [0.5, 0.6) is 5.75 Å². The number of carbonyl (C=O) groups is 2. The van der Waals surface area contributed by atoms with Crippen LogP contribution in [0.15, 0.2) is 24.3 Å². The fourth-order valence-corrected chi connectivity index (χ4v) is 4.12. The van der Waals surface area contributed by atoms with E-state index in [1.165, 1.54) is 7.11 Å². The number of carboxylic acid groups (broad SMARTS) is 2. The first kappa shape index (κ1) is 16.7. The van der Waals surface area contributed by atoms with Crippen LogP contribution in [0.3, 0.4) is 0 Å². The Morgan fingerprint density at radius 3 is 2.75 bits per heavy atom. The minimum Gasteiger partial charge on any atom is -0.481 e. The van der Waals surface area contributed by atoms with Gasteiger partial charge in [0.05, 0.1) is 12.0 Å². The number of fused-ring (bicyclic) bond motifs is 1. The average Bonchev–Trinajstić information content (AvgIpc) is 3.10. The number of nitrogens with zero attached hydrogens (tertiary/aromatic N) is 1. The zero-order valence-corrected chi connectivity index (χ0v) is 13.5. The molecule has 0 spiro atoms. The van der Waals surface area contributed by atoms with Crippen LogP contribution >= 0.6 is 0 Å². The topological polar surface area (TPSA) is 96.3 Å². The van der Waals surface area contributed by atoms with E-state index in [0.29, 0.717) is 24.3 Å². The van der Waals surface area contributed by atoms with Gasteiger partial charge in [0.2, 0.25) is 0 Å². The highest BCUT2D eigenvalue weighted by Gasteiger charge is 2.61. The lowest BCUT2D eigenvalue weighted by atomic mass is 9.87. The molecule has 2 N–H and O–H groups in total. The Balaban J connectivity index is 2.05. The van der Waals surface area contributed by atoms with Crippen LogP contribution in [0, 0.1) is 5.92 Å². The lowest BCUT2D eigenvalue weighted by Crippen LogP contribution is -2.46. The molecule has 2 saturated heterocycles. The summed E-state index contributed by atoms with van der Waals surface area (Å²) in [6.07, 6.45) is 1.33. The molecule has 7 nitrogen and oxygen atoms in total. The van der Waals surface area contributed by atoms with Crippen molar-refractivity contribution < 1.29 is 29.3 Å². The fourth-order valence-electron chi connectivity index (χ4n) is 4.12. The second-order valence-electron chi connectivity index (χ2n) is 6.32. The van der Waals surface area contributed by atoms with Crippen molar-refractivity contribution in [3.63, 3.8) is 0 Å². The number of benzene rings is 1. The van der Waals surface area contributed by atoms with Crippen LogP contribution in [0.4, 0.5) is 0 Å². The predicted octanol–water partition coefficient (Wildman–Crippen LogP) is 1.73. The Kier molecular flexibility index (Phi) is 4.47. The zero-order chi connectivity index (χ0) is 17.3. The van der Waals surface area contributed by atoms with E-state index in [1.807, 2.05) is 17.0 Å². The van der Waals surface area contributed by atoms with Crippen molar-refractivity contribution in [2.24, 2.45) is 5.92 Å². The second kappa shape index (κ2) is 6.41. The third kappa shape index (κ3) is 2.53. The molecule has 0 amide bonds. The monoisotopic (exact) mass is 335 g/mol. The first-order chi connectivity index (χ1) is 11.5. The van der Waals surface area contributed by atoms with Crippen LogP contribution in [0.2, 0.25) is 0 Å². The van der Waals surface area contributed by atoms with Gasteiger partial charge in [-0.3, -0.25) is 14.5 Å². The first-order valence-corrected chi connectivity index (χ1v) is 7.95. The first-order valence-electron chi connectivity index (χ1n) is 7.95. The van der Waals surface area contributed by atoms with Crippen LogP contribution in [-0.4, -0.2) is 53.0 Å². The molecule has 0 aliphatic carbocycles. The summed E-state index contributed by atoms with van der Waals surface area (Å²) in [5.41, 5.74) is -0.394. The summed E-state index contributed by atoms with van der Waals surface area (Å²) in [6.45, 7) is 0.616. The van der Waals surface area contributed by atoms with Gasteiger partial charge in [0, 0.05) is 12.7 Å². The normalized spacial score (nSPS) is 29.4. The summed E-state index contributed by atoms with van der Waals surface area (Å²) in [7, 11) is 1.51. The number of para-hydroxylation sites is 1. The predicted molar refractivity (Wildman–Crippen MR) is 83.7 cm³/mol. The molecule has 2 fully saturated rings. The van der Waals surface area contributed by atoms with E-state index in [2.05, 4.69) is 0 Å². The van der Waals surface area contributed by atoms with Crippen molar-refractivity contribution in [1.29, 1.82) is 0 Å². The molecule has 3 atom stereocenters. The third-order valence-electron chi connectivity index (χ3n) is 5.10. The maximum atomic E-state index is 11.9. The molecule has 0 saturated carbocycles. The highest BCUT2D eigenvalue weighted by Crippen LogP contribution is 2.53. The van der Waals surface area contributed by atoms with Crippen LogP contribution in [0.1, 0.15) is 30.9 Å². The summed E-state index contributed by atoms with van der Waals surface area (Å²) in [6, 6.07) is 6.65. The second-order valence-corrected chi connectivity index (χ2v) is 6.32. The fraction of sp³-hybridized carbons (Fsp3) is 0.529. The van der Waals surface area contributed by atoms with Crippen molar-refractivity contribution in [2.45, 2.75) is 30.8 Å². The number of ether oxygens (including phenoxy) is 2. The highest BCUT2D eigenvalue weighted by atomic mass is 16.7. The molecule has 0 aromatic heterocycles. The van der Waals surface area contributed by atoms with Gasteiger partial charge in [-0.2, -0.15) is 0 Å². The van der Waals surface area contributed by atoms with E-state index >= 15 is 0 Å². The molecule has 7 heteroatoms. The Labute approximate surface area is 139 Å². The Morgan fingerprint density at radius 2 is 2.08 bits per heavy atom. The molecule has 2 aliphatic heterocycles. The van der Waals surface area contributed by atoms with Crippen molar-refractivity contribution >= 4 is 11.9 Å². The van der Waals surface area contributed by atoms with E-state index in [0.717, 1.165) is 6.42 Å². The Morgan fingerprint density at radius 1 is 1.33 bits per heavy atom. The standard InChI is InChI=1S/C17H21NO6/c1-23-10-24-13-6-3-2-5-11(13)14-12(15(19)20)9-17(16(21)22)7-4-8-18(14)17/h2-3,5-6,12,14H,4,7-10H2,1H3,(H,19,20)(H,21,22)/t12-,14-,17+/m0/s1. The van der Waals surface area contributed by atoms with Gasteiger partial charge < -0.3 is 19.7 Å². The van der Waals surface area contributed by atoms with E-state index in [1.54, 1.807) is 12.1 Å². The Bertz CT molecular complexity index is 648. The zero-order valence-electron chi connectivity index (χ0n) is 13.5. The molecule has 1 aromatic carbocycles. The molecule has 130 valence electrons. The van der Waals surface area contributed by atoms with Crippen LogP contribution in [0.25, 0.3) is 0 Å². The molecule has 0 radical (unpaired) electrons. The highest BCUT2D eigenvalue weighted by molar-refractivity contribution is 5.83. The van der Waals surface area contributed by atoms with Crippen molar-refractivity contribution in [3.8, 4) is 5.75 Å². The minimum absolute atomic E-state index is 0.0472. The lowest BCUT2D eigenvalue weighted by molar-refractivity contribution is -0.148. The molecule has 2 heterocycles. The summed E-state index contributed by atoms with van der Waals surface area (Å²) >= 11 is 0. The average molecular weight is 335 g/mol. The van der Waals surface area contributed by atoms with Gasteiger partial charge in [-0.15, -0.1) is 0 Å². The van der Waals surface area contributed by atoms with Gasteiger partial charge in [-0.1, -0.05) is 18.2 Å². The van der Waals surface area contributed by atoms with E-state index < -0.39 is 29.4 Å². The maximum absolute atomic E-state index is 11.9. The SMILES string of the molecule is COCOc1ccccc1[C@H]1[C@@H](C(=O)O)C[C@@]2(C(=O)O)CCCN12. The largest absolute Gasteiger partial charge is 0.481 e. The minimum atomic E-state index is -1.10. The summed E-state index contributed by atoms with van der Waals surface area (Å²) in [5, 5.41) is 19.4. The van der Waals surface area contributed by atoms with E-state index in [-0.39, 0.29) is 13.2 Å². The number of methoxy groups -OCH3 is 1. The van der Waals surface area contributed by atoms with E-state index in [4.69, 9.17) is 9.47 Å². The Hall–Kier alpha value is -2.12. The number of rotatable bonds is 6. The van der Waals surface area contributed by atoms with Gasteiger partial charge >= 0.3 is 11.9 Å². The molecule has 1 aromatic rings. The molecule has 0 bridgehead atoms. The quantitative estimate of drug-likeness (QED) is 0.764. The molecule has 3 rings (SSSR count). The van der Waals surface area contributed by atoms with Gasteiger partial charge in [0.15, 0.2) is 6.79 Å². The summed E-state index contributed by atoms with van der Waals surface area (Å²) in [4.78, 5) is 25.6.